The highest BCUT2D eigenvalue weighted by molar-refractivity contribution is 6.24. The molecule has 5 heteroatoms. The molecule has 1 aromatic rings. The molecule has 1 fully saturated rings. The first-order chi connectivity index (χ1) is 11.8. The molecule has 0 spiro atoms. The van der Waals surface area contributed by atoms with Crippen molar-refractivity contribution >= 4 is 11.6 Å². The molecule has 1 unspecified atom stereocenters. The molecular formula is C19H20N2O3. The van der Waals surface area contributed by atoms with Gasteiger partial charge in [0.05, 0.1) is 24.8 Å². The number of hydrogen-bond acceptors (Lipinski definition) is 4. The van der Waals surface area contributed by atoms with Crippen LogP contribution < -0.4 is 0 Å². The van der Waals surface area contributed by atoms with Crippen LogP contribution in [0.25, 0.3) is 0 Å². The summed E-state index contributed by atoms with van der Waals surface area (Å²) in [5.74, 6) is 1.42. The third-order valence-electron chi connectivity index (χ3n) is 4.68. The minimum atomic E-state index is 0.00381. The summed E-state index contributed by atoms with van der Waals surface area (Å²) in [4.78, 5) is 19.3. The number of benzene rings is 1. The lowest BCUT2D eigenvalue weighted by molar-refractivity contribution is -0.127. The van der Waals surface area contributed by atoms with Crippen molar-refractivity contribution < 1.29 is 14.3 Å². The molecule has 2 aliphatic heterocycles. The third kappa shape index (κ3) is 2.60. The number of carbonyl (C=O) groups excluding carboxylic acids is 1. The Balaban J connectivity index is 1.59. The van der Waals surface area contributed by atoms with E-state index >= 15 is 0 Å². The summed E-state index contributed by atoms with van der Waals surface area (Å²) >= 11 is 0. The molecule has 5 nitrogen and oxygen atoms in total. The predicted molar refractivity (Wildman–Crippen MR) is 90.1 cm³/mol. The third-order valence-corrected chi connectivity index (χ3v) is 4.68. The van der Waals surface area contributed by atoms with Gasteiger partial charge < -0.3 is 14.4 Å². The predicted octanol–water partition coefficient (Wildman–Crippen LogP) is 2.79. The Morgan fingerprint density at radius 2 is 2.12 bits per heavy atom. The van der Waals surface area contributed by atoms with Crippen LogP contribution in [0.4, 0.5) is 0 Å². The highest BCUT2D eigenvalue weighted by atomic mass is 16.5. The maximum absolute atomic E-state index is 12.6. The zero-order valence-corrected chi connectivity index (χ0v) is 13.7. The van der Waals surface area contributed by atoms with E-state index in [1.807, 2.05) is 35.2 Å². The van der Waals surface area contributed by atoms with E-state index in [1.54, 1.807) is 13.2 Å². The van der Waals surface area contributed by atoms with Crippen molar-refractivity contribution in [3.63, 3.8) is 0 Å². The van der Waals surface area contributed by atoms with E-state index in [4.69, 9.17) is 14.5 Å². The molecule has 4 rings (SSSR count). The molecule has 3 aliphatic rings. The van der Waals surface area contributed by atoms with Crippen molar-refractivity contribution in [1.82, 2.24) is 4.90 Å². The molecule has 24 heavy (non-hydrogen) atoms. The van der Waals surface area contributed by atoms with Crippen LogP contribution in [0.5, 0.6) is 0 Å². The minimum Gasteiger partial charge on any atom is -0.493 e. The van der Waals surface area contributed by atoms with Crippen LogP contribution >= 0.6 is 0 Å². The number of methoxy groups -OCH3 is 1. The first kappa shape index (κ1) is 15.0. The number of hydrogen-bond donors (Lipinski definition) is 0. The number of carbonyl (C=O) groups is 1. The lowest BCUT2D eigenvalue weighted by Gasteiger charge is -2.31. The van der Waals surface area contributed by atoms with E-state index in [2.05, 4.69) is 0 Å². The first-order valence-electron chi connectivity index (χ1n) is 8.30. The molecule has 0 N–H and O–H groups in total. The fourth-order valence-corrected chi connectivity index (χ4v) is 3.42. The summed E-state index contributed by atoms with van der Waals surface area (Å²) in [6.07, 6.45) is 4.26. The second-order valence-corrected chi connectivity index (χ2v) is 6.20. The average molecular weight is 324 g/mol. The zero-order chi connectivity index (χ0) is 16.5. The van der Waals surface area contributed by atoms with Crippen LogP contribution in [0.3, 0.4) is 0 Å². The van der Waals surface area contributed by atoms with Gasteiger partial charge in [0.1, 0.15) is 18.5 Å². The Hall–Kier alpha value is -2.56. The van der Waals surface area contributed by atoms with Gasteiger partial charge in [-0.15, -0.1) is 0 Å². The van der Waals surface area contributed by atoms with Crippen molar-refractivity contribution in [1.29, 1.82) is 0 Å². The fourth-order valence-electron chi connectivity index (χ4n) is 3.42. The van der Waals surface area contributed by atoms with Crippen molar-refractivity contribution in [3.05, 3.63) is 59.1 Å². The van der Waals surface area contributed by atoms with Gasteiger partial charge in [-0.05, 0) is 24.5 Å². The van der Waals surface area contributed by atoms with E-state index in [1.165, 1.54) is 0 Å². The topological polar surface area (TPSA) is 51.1 Å². The molecule has 124 valence electrons. The largest absolute Gasteiger partial charge is 0.493 e. The molecule has 1 aliphatic carbocycles. The van der Waals surface area contributed by atoms with Crippen LogP contribution in [0.1, 0.15) is 24.8 Å². The molecule has 0 bridgehead atoms. The van der Waals surface area contributed by atoms with Gasteiger partial charge in [-0.3, -0.25) is 9.79 Å². The highest BCUT2D eigenvalue weighted by Crippen LogP contribution is 2.32. The van der Waals surface area contributed by atoms with E-state index in [0.29, 0.717) is 24.4 Å². The van der Waals surface area contributed by atoms with Crippen LogP contribution in [-0.2, 0) is 20.9 Å². The van der Waals surface area contributed by atoms with Gasteiger partial charge in [0.2, 0.25) is 0 Å². The van der Waals surface area contributed by atoms with E-state index < -0.39 is 0 Å². The maximum atomic E-state index is 12.6. The average Bonchev–Trinajstić information content (AvgIpc) is 3.09. The van der Waals surface area contributed by atoms with Gasteiger partial charge in [0, 0.05) is 6.54 Å². The van der Waals surface area contributed by atoms with E-state index in [-0.39, 0.29) is 12.1 Å². The van der Waals surface area contributed by atoms with Gasteiger partial charge in [-0.25, -0.2) is 0 Å². The first-order valence-corrected chi connectivity index (χ1v) is 8.30. The number of aliphatic imine (C=N–C) groups is 1. The lowest BCUT2D eigenvalue weighted by Crippen LogP contribution is -2.42. The Kier molecular flexibility index (Phi) is 3.84. The zero-order valence-electron chi connectivity index (χ0n) is 13.7. The van der Waals surface area contributed by atoms with Crippen molar-refractivity contribution in [2.24, 2.45) is 4.99 Å². The van der Waals surface area contributed by atoms with Gasteiger partial charge in [-0.2, -0.15) is 0 Å². The lowest BCUT2D eigenvalue weighted by atomic mass is 9.96. The summed E-state index contributed by atoms with van der Waals surface area (Å²) in [5, 5.41) is 0. The minimum absolute atomic E-state index is 0.00381. The van der Waals surface area contributed by atoms with Gasteiger partial charge in [-0.1, -0.05) is 30.3 Å². The SMILES string of the molecule is COC1=C(OCc2ccccc2)CC2=NC3CCCN3C(=O)C2=C1. The smallest absolute Gasteiger partial charge is 0.257 e. The number of ether oxygens (including phenoxy) is 2. The maximum Gasteiger partial charge on any atom is 0.257 e. The number of fused-ring (bicyclic) bond motifs is 2. The Labute approximate surface area is 141 Å². The number of allylic oxidation sites excluding steroid dienone is 2. The number of nitrogens with zero attached hydrogens (tertiary/aromatic N) is 2. The Bertz CT molecular complexity index is 749. The fraction of sp³-hybridized carbons (Fsp3) is 0.368. The molecule has 2 heterocycles. The van der Waals surface area contributed by atoms with Crippen molar-refractivity contribution in [3.8, 4) is 0 Å². The molecule has 1 aromatic carbocycles. The Morgan fingerprint density at radius 1 is 1.29 bits per heavy atom. The molecular weight excluding hydrogens is 304 g/mol. The van der Waals surface area contributed by atoms with Gasteiger partial charge in [0.25, 0.3) is 5.91 Å². The standard InChI is InChI=1S/C19H20N2O3/c1-23-16-10-14-15(20-18-8-5-9-21(18)19(14)22)11-17(16)24-12-13-6-3-2-4-7-13/h2-4,6-7,10,18H,5,8-9,11-12H2,1H3. The molecule has 1 atom stereocenters. The van der Waals surface area contributed by atoms with E-state index in [0.717, 1.165) is 36.4 Å². The second-order valence-electron chi connectivity index (χ2n) is 6.20. The second kappa shape index (κ2) is 6.15. The number of rotatable bonds is 4. The van der Waals surface area contributed by atoms with Crippen molar-refractivity contribution in [2.45, 2.75) is 32.0 Å². The quantitative estimate of drug-likeness (QED) is 0.856. The van der Waals surface area contributed by atoms with Crippen LogP contribution in [0.15, 0.2) is 58.5 Å². The van der Waals surface area contributed by atoms with E-state index in [9.17, 15) is 4.79 Å². The summed E-state index contributed by atoms with van der Waals surface area (Å²) in [6, 6.07) is 10.0. The van der Waals surface area contributed by atoms with Crippen LogP contribution in [0, 0.1) is 0 Å². The normalized spacial score (nSPS) is 22.6. The molecule has 1 saturated heterocycles. The summed E-state index contributed by atoms with van der Waals surface area (Å²) in [5.41, 5.74) is 2.57. The molecule has 0 aromatic heterocycles. The monoisotopic (exact) mass is 324 g/mol. The van der Waals surface area contributed by atoms with Crippen LogP contribution in [0.2, 0.25) is 0 Å². The summed E-state index contributed by atoms with van der Waals surface area (Å²) in [7, 11) is 1.60. The highest BCUT2D eigenvalue weighted by Gasteiger charge is 2.38. The summed E-state index contributed by atoms with van der Waals surface area (Å²) in [6.45, 7) is 1.27. The summed E-state index contributed by atoms with van der Waals surface area (Å²) < 4.78 is 11.4. The molecule has 0 saturated carbocycles. The number of amides is 1. The van der Waals surface area contributed by atoms with Crippen LogP contribution in [-0.4, -0.2) is 36.3 Å². The van der Waals surface area contributed by atoms with Crippen molar-refractivity contribution in [2.75, 3.05) is 13.7 Å². The molecule has 0 radical (unpaired) electrons. The molecule has 1 amide bonds. The van der Waals surface area contributed by atoms with Gasteiger partial charge in [0.15, 0.2) is 5.76 Å². The van der Waals surface area contributed by atoms with Gasteiger partial charge >= 0.3 is 0 Å². The Morgan fingerprint density at radius 3 is 2.92 bits per heavy atom.